The zero-order chi connectivity index (χ0) is 40.0. The Balaban J connectivity index is 1.11. The molecule has 13 heteroatoms. The van der Waals surface area contributed by atoms with Crippen molar-refractivity contribution >= 4 is 40.5 Å². The van der Waals surface area contributed by atoms with Crippen molar-refractivity contribution < 1.29 is 43.2 Å². The van der Waals surface area contributed by atoms with Crippen LogP contribution in [-0.4, -0.2) is 87.2 Å². The molecule has 0 unspecified atom stereocenters. The number of rotatable bonds is 18. The van der Waals surface area contributed by atoms with Crippen LogP contribution in [0.4, 0.5) is 5.69 Å². The molecular formula is C43H48N4O9. The summed E-state index contributed by atoms with van der Waals surface area (Å²) in [6, 6.07) is 19.3. The van der Waals surface area contributed by atoms with Crippen LogP contribution in [0.25, 0.3) is 39.5 Å². The third kappa shape index (κ3) is 10.7. The molecule has 0 saturated heterocycles. The van der Waals surface area contributed by atoms with Gasteiger partial charge in [0.05, 0.1) is 37.3 Å². The third-order valence-corrected chi connectivity index (χ3v) is 8.74. The molecule has 1 aliphatic heterocycles. The van der Waals surface area contributed by atoms with Crippen LogP contribution in [0.1, 0.15) is 40.9 Å². The molecule has 3 aromatic rings. The van der Waals surface area contributed by atoms with Crippen molar-refractivity contribution in [2.45, 2.75) is 27.7 Å². The molecule has 5 N–H and O–H groups in total. The molecule has 13 nitrogen and oxygen atoms in total. The average Bonchev–Trinajstić information content (AvgIpc) is 3.17. The van der Waals surface area contributed by atoms with E-state index in [1.165, 1.54) is 30.4 Å². The Morgan fingerprint density at radius 1 is 0.839 bits per heavy atom. The van der Waals surface area contributed by atoms with Gasteiger partial charge in [0.1, 0.15) is 22.8 Å². The summed E-state index contributed by atoms with van der Waals surface area (Å²) >= 11 is 0. The Morgan fingerprint density at radius 3 is 2.32 bits per heavy atom. The zero-order valence-electron chi connectivity index (χ0n) is 32.1. The van der Waals surface area contributed by atoms with Gasteiger partial charge in [-0.15, -0.1) is 0 Å². The monoisotopic (exact) mass is 764 g/mol. The Labute approximate surface area is 325 Å². The Kier molecular flexibility index (Phi) is 14.6. The number of aryl methyl sites for hydroxylation is 2. The molecule has 0 atom stereocenters. The normalized spacial score (nSPS) is 11.7. The number of phenolic OH excluding ortho intramolecular Hbond substituents is 2. The summed E-state index contributed by atoms with van der Waals surface area (Å²) in [5.41, 5.74) is 6.63. The number of hydrogen-bond donors (Lipinski definition) is 5. The summed E-state index contributed by atoms with van der Waals surface area (Å²) in [6.07, 6.45) is 2.71. The van der Waals surface area contributed by atoms with E-state index in [9.17, 15) is 24.6 Å². The number of nitrogens with zero attached hydrogens (tertiary/aromatic N) is 1. The van der Waals surface area contributed by atoms with E-state index in [1.54, 1.807) is 12.1 Å². The van der Waals surface area contributed by atoms with E-state index in [0.717, 1.165) is 45.2 Å². The molecule has 2 aliphatic rings. The van der Waals surface area contributed by atoms with Gasteiger partial charge < -0.3 is 44.8 Å². The first-order valence-corrected chi connectivity index (χ1v) is 18.5. The molecule has 2 amide bonds. The first-order valence-electron chi connectivity index (χ1n) is 18.5. The number of amides is 2. The number of nitrogens with one attached hydrogen (secondary N) is 3. The summed E-state index contributed by atoms with van der Waals surface area (Å²) in [6.45, 7) is 10.5. The minimum Gasteiger partial charge on any atom is -0.508 e. The van der Waals surface area contributed by atoms with Crippen LogP contribution >= 0.6 is 0 Å². The number of carbonyl (C=O) groups excluding carboxylic acids is 3. The fourth-order valence-corrected chi connectivity index (χ4v) is 6.07. The standard InChI is InChI=1S/C43H48N4O9/c1-5-44-35-24-38-33(21-27(35)3)42(34-22-28(4)36(45-6-2)25-39(34)56-38)31-9-7-8-10-32(31)43(52)55-26-41(51)47-16-18-54-20-19-53-17-15-46-40(50)14-12-29-11-13-30(48)23-37(29)49/h7-14,21-25,44,48-49H,5-6,15-20,26H2,1-4H3,(H,46,50)(H,47,51)/b14-12+,45-36+. The molecule has 0 bridgehead atoms. The van der Waals surface area contributed by atoms with Gasteiger partial charge in [-0.25, -0.2) is 4.79 Å². The summed E-state index contributed by atoms with van der Waals surface area (Å²) in [5.74, 6) is -1.03. The van der Waals surface area contributed by atoms with Gasteiger partial charge in [0, 0.05) is 78.2 Å². The molecule has 0 aromatic heterocycles. The first kappa shape index (κ1) is 41.0. The number of esters is 1. The van der Waals surface area contributed by atoms with Gasteiger partial charge >= 0.3 is 5.97 Å². The third-order valence-electron chi connectivity index (χ3n) is 8.74. The van der Waals surface area contributed by atoms with Gasteiger partial charge in [-0.1, -0.05) is 18.2 Å². The van der Waals surface area contributed by atoms with Gasteiger partial charge in [0.2, 0.25) is 5.91 Å². The topological polar surface area (TPSA) is 181 Å². The van der Waals surface area contributed by atoms with Crippen molar-refractivity contribution in [3.8, 4) is 33.9 Å². The summed E-state index contributed by atoms with van der Waals surface area (Å²) in [7, 11) is 0. The van der Waals surface area contributed by atoms with E-state index in [-0.39, 0.29) is 56.9 Å². The SMILES string of the molecule is CC/N=c1\cc2oc3cc(NCC)c(C)cc3c(-c3ccccc3C(=O)OCC(=O)NCCOCCOCCNC(=O)/C=C/c3ccc(O)cc3O)c-2cc1C. The number of ether oxygens (including phenoxy) is 3. The number of anilines is 1. The van der Waals surface area contributed by atoms with Crippen LogP contribution in [0.2, 0.25) is 0 Å². The molecule has 294 valence electrons. The highest BCUT2D eigenvalue weighted by molar-refractivity contribution is 6.08. The fourth-order valence-electron chi connectivity index (χ4n) is 6.07. The van der Waals surface area contributed by atoms with Gasteiger partial charge in [-0.2, -0.15) is 0 Å². The van der Waals surface area contributed by atoms with Gasteiger partial charge in [0.15, 0.2) is 6.61 Å². The van der Waals surface area contributed by atoms with Crippen molar-refractivity contribution in [3.05, 3.63) is 100 Å². The Bertz CT molecular complexity index is 2250. The Hall–Kier alpha value is -6.18. The second-order valence-corrected chi connectivity index (χ2v) is 12.8. The van der Waals surface area contributed by atoms with Crippen molar-refractivity contribution in [2.75, 3.05) is 64.5 Å². The van der Waals surface area contributed by atoms with Crippen LogP contribution in [0.15, 0.2) is 82.2 Å². The molecule has 3 aromatic carbocycles. The maximum atomic E-state index is 13.6. The highest BCUT2D eigenvalue weighted by Gasteiger charge is 2.24. The van der Waals surface area contributed by atoms with Crippen LogP contribution in [-0.2, 0) is 23.8 Å². The van der Waals surface area contributed by atoms with Crippen molar-refractivity contribution in [2.24, 2.45) is 4.99 Å². The summed E-state index contributed by atoms with van der Waals surface area (Å²) in [4.78, 5) is 42.8. The lowest BCUT2D eigenvalue weighted by atomic mass is 9.89. The molecule has 56 heavy (non-hydrogen) atoms. The number of phenols is 2. The zero-order valence-corrected chi connectivity index (χ0v) is 32.1. The smallest absolute Gasteiger partial charge is 0.339 e. The highest BCUT2D eigenvalue weighted by Crippen LogP contribution is 2.43. The lowest BCUT2D eigenvalue weighted by Crippen LogP contribution is -2.32. The van der Waals surface area contributed by atoms with E-state index in [1.807, 2.05) is 58.0 Å². The average molecular weight is 765 g/mol. The summed E-state index contributed by atoms with van der Waals surface area (Å²) < 4.78 is 22.9. The minimum atomic E-state index is -0.634. The molecule has 0 spiro atoms. The predicted molar refractivity (Wildman–Crippen MR) is 215 cm³/mol. The summed E-state index contributed by atoms with van der Waals surface area (Å²) in [5, 5.41) is 29.6. The second kappa shape index (κ2) is 19.9. The molecule has 5 rings (SSSR count). The van der Waals surface area contributed by atoms with E-state index >= 15 is 0 Å². The van der Waals surface area contributed by atoms with E-state index in [4.69, 9.17) is 18.6 Å². The van der Waals surface area contributed by atoms with Crippen molar-refractivity contribution in [3.63, 3.8) is 0 Å². The fraction of sp³-hybridized carbons (Fsp3) is 0.302. The van der Waals surface area contributed by atoms with Gasteiger partial charge in [0.25, 0.3) is 5.91 Å². The Morgan fingerprint density at radius 2 is 1.59 bits per heavy atom. The molecule has 0 saturated carbocycles. The van der Waals surface area contributed by atoms with Crippen molar-refractivity contribution in [1.82, 2.24) is 10.6 Å². The molecule has 0 radical (unpaired) electrons. The number of hydrogen-bond acceptors (Lipinski definition) is 11. The number of benzene rings is 4. The predicted octanol–water partition coefficient (Wildman–Crippen LogP) is 5.72. The highest BCUT2D eigenvalue weighted by atomic mass is 16.5. The maximum absolute atomic E-state index is 13.6. The maximum Gasteiger partial charge on any atom is 0.339 e. The van der Waals surface area contributed by atoms with E-state index in [0.29, 0.717) is 34.6 Å². The van der Waals surface area contributed by atoms with Crippen LogP contribution in [0.5, 0.6) is 11.5 Å². The molecule has 0 fully saturated rings. The van der Waals surface area contributed by atoms with Crippen LogP contribution in [0, 0.1) is 13.8 Å². The van der Waals surface area contributed by atoms with E-state index < -0.39 is 18.5 Å². The lowest BCUT2D eigenvalue weighted by Gasteiger charge is -2.19. The minimum absolute atomic E-state index is 0.0707. The lowest BCUT2D eigenvalue weighted by molar-refractivity contribution is -0.124. The molecular weight excluding hydrogens is 716 g/mol. The number of aromatic hydroxyl groups is 2. The first-order chi connectivity index (χ1) is 27.1. The largest absolute Gasteiger partial charge is 0.508 e. The van der Waals surface area contributed by atoms with E-state index in [2.05, 4.69) is 27.0 Å². The van der Waals surface area contributed by atoms with Gasteiger partial charge in [-0.05, 0) is 80.8 Å². The van der Waals surface area contributed by atoms with Gasteiger partial charge in [-0.3, -0.25) is 14.6 Å². The quantitative estimate of drug-likeness (QED) is 0.0321. The van der Waals surface area contributed by atoms with Crippen LogP contribution < -0.4 is 21.3 Å². The number of carbonyl (C=O) groups is 3. The van der Waals surface area contributed by atoms with Crippen LogP contribution in [0.3, 0.4) is 0 Å². The molecule has 1 heterocycles. The van der Waals surface area contributed by atoms with Crippen molar-refractivity contribution in [1.29, 1.82) is 0 Å². The second-order valence-electron chi connectivity index (χ2n) is 12.8. The molecule has 1 aliphatic carbocycles. The number of fused-ring (bicyclic) bond motifs is 2.